The van der Waals surface area contributed by atoms with Crippen molar-refractivity contribution < 1.29 is 19.5 Å². The summed E-state index contributed by atoms with van der Waals surface area (Å²) in [6.07, 6.45) is 17.2. The molecule has 0 aromatic heterocycles. The molecule has 0 spiro atoms. The zero-order chi connectivity index (χ0) is 30.3. The van der Waals surface area contributed by atoms with Crippen LogP contribution in [-0.2, 0) is 27.2 Å². The number of hydrogen-bond donors (Lipinski definition) is 3. The fourth-order valence-corrected chi connectivity index (χ4v) is 6.83. The highest BCUT2D eigenvalue weighted by Crippen LogP contribution is 2.23. The number of rotatable bonds is 11. The van der Waals surface area contributed by atoms with Crippen molar-refractivity contribution in [2.75, 3.05) is 6.54 Å². The second kappa shape index (κ2) is 17.8. The van der Waals surface area contributed by atoms with Crippen LogP contribution in [0, 0.1) is 0 Å². The molecule has 1 saturated heterocycles. The van der Waals surface area contributed by atoms with Crippen LogP contribution in [0.25, 0.3) is 0 Å². The van der Waals surface area contributed by atoms with E-state index < -0.39 is 12.0 Å². The number of carbonyl (C=O) groups excluding carboxylic acids is 2. The third-order valence-electron chi connectivity index (χ3n) is 9.12. The van der Waals surface area contributed by atoms with Gasteiger partial charge in [0.2, 0.25) is 11.8 Å². The highest BCUT2D eigenvalue weighted by atomic mass is 16.4. The van der Waals surface area contributed by atoms with E-state index in [1.54, 1.807) is 0 Å². The molecule has 7 nitrogen and oxygen atoms in total. The van der Waals surface area contributed by atoms with Gasteiger partial charge in [0.25, 0.3) is 0 Å². The Balaban J connectivity index is 0.000000269. The number of amides is 2. The highest BCUT2D eigenvalue weighted by molar-refractivity contribution is 5.87. The summed E-state index contributed by atoms with van der Waals surface area (Å²) >= 11 is 0. The molecule has 7 heteroatoms. The number of benzene rings is 2. The summed E-state index contributed by atoms with van der Waals surface area (Å²) in [4.78, 5) is 37.6. The molecule has 3 N–H and O–H groups in total. The number of carboxylic acid groups (broad SMARTS) is 1. The van der Waals surface area contributed by atoms with Crippen molar-refractivity contribution in [3.05, 3.63) is 71.8 Å². The zero-order valence-corrected chi connectivity index (χ0v) is 25.7. The maximum atomic E-state index is 12.6. The molecular formula is C36H51N3O4. The Labute approximate surface area is 257 Å². The predicted octanol–water partition coefficient (Wildman–Crippen LogP) is 6.05. The molecule has 3 aliphatic rings. The topological polar surface area (TPSA) is 98.7 Å². The van der Waals surface area contributed by atoms with Gasteiger partial charge in [0, 0.05) is 37.5 Å². The molecular weight excluding hydrogens is 538 g/mol. The molecule has 5 rings (SSSR count). The average molecular weight is 590 g/mol. The van der Waals surface area contributed by atoms with Crippen molar-refractivity contribution in [3.63, 3.8) is 0 Å². The van der Waals surface area contributed by atoms with Crippen LogP contribution in [0.4, 0.5) is 0 Å². The molecule has 0 bridgehead atoms. The standard InChI is InChI=1S/C24H28N2O4.C12H23N/c27-22(13-14-23(28)26-15-7-12-21(26)24(29)30)25-20(16-18-8-3-1-4-9-18)17-19-10-5-2-6-11-19;1-3-7-11(8-4-1)13-12-9-5-2-6-10-12/h1-6,8-11,20-21H,7,12-17H2,(H,25,27)(H,29,30);11-13H,1-10H2/t21-;/m0./s1. The highest BCUT2D eigenvalue weighted by Gasteiger charge is 2.33. The first-order chi connectivity index (χ1) is 21.0. The van der Waals surface area contributed by atoms with Crippen molar-refractivity contribution in [1.29, 1.82) is 0 Å². The van der Waals surface area contributed by atoms with Crippen LogP contribution in [-0.4, -0.2) is 58.5 Å². The first-order valence-corrected chi connectivity index (χ1v) is 16.6. The molecule has 234 valence electrons. The Kier molecular flexibility index (Phi) is 13.6. The Bertz CT molecular complexity index is 1060. The minimum Gasteiger partial charge on any atom is -0.480 e. The summed E-state index contributed by atoms with van der Waals surface area (Å²) in [5, 5.41) is 16.2. The van der Waals surface area contributed by atoms with Crippen molar-refractivity contribution in [2.45, 2.75) is 127 Å². The lowest BCUT2D eigenvalue weighted by atomic mass is 9.91. The predicted molar refractivity (Wildman–Crippen MR) is 171 cm³/mol. The Hall–Kier alpha value is -3.19. The lowest BCUT2D eigenvalue weighted by Crippen LogP contribution is -2.42. The van der Waals surface area contributed by atoms with E-state index in [2.05, 4.69) is 10.6 Å². The largest absolute Gasteiger partial charge is 0.480 e. The summed E-state index contributed by atoms with van der Waals surface area (Å²) in [6, 6.07) is 20.9. The molecule has 2 aliphatic carbocycles. The van der Waals surface area contributed by atoms with Crippen molar-refractivity contribution in [2.24, 2.45) is 0 Å². The lowest BCUT2D eigenvalue weighted by Gasteiger charge is -2.30. The Morgan fingerprint density at radius 2 is 1.21 bits per heavy atom. The number of carboxylic acids is 1. The van der Waals surface area contributed by atoms with E-state index in [-0.39, 0.29) is 30.7 Å². The van der Waals surface area contributed by atoms with E-state index in [1.165, 1.54) is 69.1 Å². The van der Waals surface area contributed by atoms with Gasteiger partial charge in [-0.3, -0.25) is 9.59 Å². The summed E-state index contributed by atoms with van der Waals surface area (Å²) in [5.41, 5.74) is 2.27. The zero-order valence-electron chi connectivity index (χ0n) is 25.7. The molecule has 1 aliphatic heterocycles. The van der Waals surface area contributed by atoms with Gasteiger partial charge in [-0.1, -0.05) is 99.2 Å². The van der Waals surface area contributed by atoms with Crippen LogP contribution < -0.4 is 10.6 Å². The lowest BCUT2D eigenvalue weighted by molar-refractivity contribution is -0.148. The first-order valence-electron chi connectivity index (χ1n) is 16.6. The number of aliphatic carboxylic acids is 1. The fraction of sp³-hybridized carbons (Fsp3) is 0.583. The summed E-state index contributed by atoms with van der Waals surface area (Å²) < 4.78 is 0. The molecule has 2 aromatic carbocycles. The number of likely N-dealkylation sites (tertiary alicyclic amines) is 1. The van der Waals surface area contributed by atoms with Crippen LogP contribution >= 0.6 is 0 Å². The second-order valence-electron chi connectivity index (χ2n) is 12.6. The molecule has 43 heavy (non-hydrogen) atoms. The molecule has 1 heterocycles. The third kappa shape index (κ3) is 11.4. The number of hydrogen-bond acceptors (Lipinski definition) is 4. The number of carbonyl (C=O) groups is 3. The van der Waals surface area contributed by atoms with E-state index in [0.29, 0.717) is 32.2 Å². The molecule has 3 fully saturated rings. The van der Waals surface area contributed by atoms with Gasteiger partial charge in [-0.15, -0.1) is 0 Å². The van der Waals surface area contributed by atoms with E-state index >= 15 is 0 Å². The van der Waals surface area contributed by atoms with Gasteiger partial charge in [0.1, 0.15) is 6.04 Å². The molecule has 2 aromatic rings. The number of nitrogens with zero attached hydrogens (tertiary/aromatic N) is 1. The summed E-state index contributed by atoms with van der Waals surface area (Å²) in [5.74, 6) is -1.43. The van der Waals surface area contributed by atoms with Crippen LogP contribution in [0.3, 0.4) is 0 Å². The van der Waals surface area contributed by atoms with Crippen molar-refractivity contribution >= 4 is 17.8 Å². The van der Waals surface area contributed by atoms with Crippen molar-refractivity contribution in [1.82, 2.24) is 15.5 Å². The molecule has 2 amide bonds. The normalized spacial score (nSPS) is 19.5. The van der Waals surface area contributed by atoms with Crippen molar-refractivity contribution in [3.8, 4) is 0 Å². The van der Waals surface area contributed by atoms with Gasteiger partial charge < -0.3 is 20.6 Å². The Morgan fingerprint density at radius 1 is 0.698 bits per heavy atom. The van der Waals surface area contributed by atoms with E-state index in [9.17, 15) is 19.5 Å². The SMILES string of the molecule is C1CCC(NC2CCCCC2)CC1.O=C(CCC(=O)N1CCC[C@H]1C(=O)O)NC(Cc1ccccc1)Cc1ccccc1. The molecule has 2 saturated carbocycles. The van der Waals surface area contributed by atoms with Crippen LogP contribution in [0.1, 0.15) is 101 Å². The third-order valence-corrected chi connectivity index (χ3v) is 9.12. The molecule has 0 unspecified atom stereocenters. The van der Waals surface area contributed by atoms with Gasteiger partial charge in [-0.2, -0.15) is 0 Å². The average Bonchev–Trinajstić information content (AvgIpc) is 3.53. The maximum absolute atomic E-state index is 12.6. The molecule has 1 atom stereocenters. The van der Waals surface area contributed by atoms with Gasteiger partial charge in [0.05, 0.1) is 0 Å². The van der Waals surface area contributed by atoms with E-state index in [0.717, 1.165) is 23.2 Å². The van der Waals surface area contributed by atoms with Gasteiger partial charge >= 0.3 is 5.97 Å². The minimum absolute atomic E-state index is 0.0268. The smallest absolute Gasteiger partial charge is 0.326 e. The summed E-state index contributed by atoms with van der Waals surface area (Å²) in [6.45, 7) is 0.446. The summed E-state index contributed by atoms with van der Waals surface area (Å²) in [7, 11) is 0. The fourth-order valence-electron chi connectivity index (χ4n) is 6.83. The van der Waals surface area contributed by atoms with Crippen LogP contribution in [0.5, 0.6) is 0 Å². The monoisotopic (exact) mass is 589 g/mol. The van der Waals surface area contributed by atoms with E-state index in [1.807, 2.05) is 60.7 Å². The molecule has 0 radical (unpaired) electrons. The van der Waals surface area contributed by atoms with Gasteiger partial charge in [0.15, 0.2) is 0 Å². The Morgan fingerprint density at radius 3 is 1.70 bits per heavy atom. The number of nitrogens with one attached hydrogen (secondary N) is 2. The van der Waals surface area contributed by atoms with Gasteiger partial charge in [-0.25, -0.2) is 4.79 Å². The van der Waals surface area contributed by atoms with Gasteiger partial charge in [-0.05, 0) is 62.5 Å². The van der Waals surface area contributed by atoms with Crippen LogP contribution in [0.15, 0.2) is 60.7 Å². The first kappa shape index (κ1) is 32.7. The van der Waals surface area contributed by atoms with Crippen LogP contribution in [0.2, 0.25) is 0 Å². The van der Waals surface area contributed by atoms with E-state index in [4.69, 9.17) is 0 Å². The second-order valence-corrected chi connectivity index (χ2v) is 12.6. The minimum atomic E-state index is -0.976. The quantitative estimate of drug-likeness (QED) is 0.296. The maximum Gasteiger partial charge on any atom is 0.326 e.